The summed E-state index contributed by atoms with van der Waals surface area (Å²) in [5.74, 6) is -0.216. The molecule has 1 atom stereocenters. The number of piperazine rings is 1. The van der Waals surface area contributed by atoms with Gasteiger partial charge in [0.2, 0.25) is 11.9 Å². The van der Waals surface area contributed by atoms with E-state index in [4.69, 9.17) is 10.2 Å². The van der Waals surface area contributed by atoms with Crippen molar-refractivity contribution in [1.82, 2.24) is 24.5 Å². The molecule has 35 heavy (non-hydrogen) atoms. The average molecular weight is 503 g/mol. The van der Waals surface area contributed by atoms with E-state index >= 15 is 0 Å². The zero-order valence-electron chi connectivity index (χ0n) is 18.9. The number of halogens is 2. The van der Waals surface area contributed by atoms with E-state index in [-0.39, 0.29) is 16.5 Å². The van der Waals surface area contributed by atoms with Gasteiger partial charge in [0.05, 0.1) is 27.6 Å². The van der Waals surface area contributed by atoms with Gasteiger partial charge in [-0.2, -0.15) is 19.6 Å². The number of nitrogen functional groups attached to an aromatic ring is 1. The highest BCUT2D eigenvalue weighted by molar-refractivity contribution is 7.84. The fraction of sp³-hybridized carbons (Fsp3) is 0.318. The molecule has 184 valence electrons. The minimum Gasteiger partial charge on any atom is -0.463 e. The molecule has 4 aromatic rings. The molecule has 0 radical (unpaired) electrons. The van der Waals surface area contributed by atoms with E-state index in [0.29, 0.717) is 55.8 Å². The van der Waals surface area contributed by atoms with Crippen LogP contribution in [-0.4, -0.2) is 74.2 Å². The molecule has 0 aliphatic carbocycles. The molecule has 3 N–H and O–H groups in total. The van der Waals surface area contributed by atoms with E-state index in [0.717, 1.165) is 12.6 Å². The first-order valence-electron chi connectivity index (χ1n) is 11.0. The van der Waals surface area contributed by atoms with E-state index in [9.17, 15) is 13.0 Å². The molecular formula is C22H24F2N8O2S. The summed E-state index contributed by atoms with van der Waals surface area (Å²) >= 11 is 0. The Morgan fingerprint density at radius 3 is 2.66 bits per heavy atom. The van der Waals surface area contributed by atoms with Crippen LogP contribution in [0.4, 0.5) is 26.4 Å². The first-order chi connectivity index (χ1) is 16.9. The molecule has 1 aromatic carbocycles. The van der Waals surface area contributed by atoms with Gasteiger partial charge in [0.1, 0.15) is 17.3 Å². The summed E-state index contributed by atoms with van der Waals surface area (Å²) in [6.07, 6.45) is 2.95. The van der Waals surface area contributed by atoms with Crippen molar-refractivity contribution >= 4 is 34.0 Å². The maximum absolute atomic E-state index is 14.4. The summed E-state index contributed by atoms with van der Waals surface area (Å²) in [4.78, 5) is 12.8. The number of anilines is 3. The van der Waals surface area contributed by atoms with Crippen LogP contribution in [0.1, 0.15) is 0 Å². The number of benzene rings is 1. The summed E-state index contributed by atoms with van der Waals surface area (Å²) in [5, 5.41) is 7.57. The van der Waals surface area contributed by atoms with Crippen LogP contribution in [0.15, 0.2) is 45.9 Å². The predicted molar refractivity (Wildman–Crippen MR) is 129 cm³/mol. The fourth-order valence-electron chi connectivity index (χ4n) is 4.05. The largest absolute Gasteiger partial charge is 0.463 e. The number of nitrogens with one attached hydrogen (secondary N) is 1. The summed E-state index contributed by atoms with van der Waals surface area (Å²) in [7, 11) is -1.53. The van der Waals surface area contributed by atoms with Gasteiger partial charge < -0.3 is 20.4 Å². The maximum atomic E-state index is 14.4. The molecule has 0 unspecified atom stereocenters. The Balaban J connectivity index is 1.17. The van der Waals surface area contributed by atoms with Crippen molar-refractivity contribution in [2.45, 2.75) is 4.90 Å². The Hall–Kier alpha value is -3.58. The lowest BCUT2D eigenvalue weighted by Gasteiger charge is -2.36. The number of hydrogen-bond donors (Lipinski definition) is 2. The molecule has 5 rings (SSSR count). The Kier molecular flexibility index (Phi) is 6.34. The van der Waals surface area contributed by atoms with Crippen LogP contribution in [0.3, 0.4) is 0 Å². The van der Waals surface area contributed by atoms with Crippen LogP contribution in [-0.2, 0) is 10.8 Å². The van der Waals surface area contributed by atoms with Crippen molar-refractivity contribution in [3.05, 3.63) is 48.2 Å². The highest BCUT2D eigenvalue weighted by Gasteiger charge is 2.22. The van der Waals surface area contributed by atoms with Gasteiger partial charge in [-0.1, -0.05) is 0 Å². The van der Waals surface area contributed by atoms with Gasteiger partial charge in [-0.3, -0.25) is 9.11 Å². The minimum atomic E-state index is -1.53. The summed E-state index contributed by atoms with van der Waals surface area (Å²) < 4.78 is 46.8. The maximum Gasteiger partial charge on any atom is 0.228 e. The standard InChI is InChI=1S/C22H24F2N8O2S/c1-35(33)19-13-17(14(23)11-15(19)24)31-8-6-30(7-9-31)5-4-26-22-27-20-12-16(18-3-2-10-34-18)29-32(20)21(25)28-22/h2-3,10-13H,4-9H2,1H3,(H3,25,26,27,28)/t35-/m0/s1. The number of hydrogen-bond acceptors (Lipinski definition) is 9. The lowest BCUT2D eigenvalue weighted by atomic mass is 10.2. The van der Waals surface area contributed by atoms with Gasteiger partial charge in [-0.25, -0.2) is 8.78 Å². The molecule has 0 spiro atoms. The molecule has 1 fully saturated rings. The van der Waals surface area contributed by atoms with Crippen LogP contribution in [0.25, 0.3) is 17.1 Å². The third-order valence-corrected chi connectivity index (χ3v) is 6.79. The average Bonchev–Trinajstić information content (AvgIpc) is 3.50. The van der Waals surface area contributed by atoms with Gasteiger partial charge in [0.25, 0.3) is 0 Å². The van der Waals surface area contributed by atoms with E-state index in [1.54, 1.807) is 24.5 Å². The van der Waals surface area contributed by atoms with Crippen LogP contribution in [0.5, 0.6) is 0 Å². The summed E-state index contributed by atoms with van der Waals surface area (Å²) in [6.45, 7) is 3.83. The van der Waals surface area contributed by atoms with Crippen molar-refractivity contribution in [1.29, 1.82) is 0 Å². The third-order valence-electron chi connectivity index (χ3n) is 5.86. The second-order valence-electron chi connectivity index (χ2n) is 8.13. The van der Waals surface area contributed by atoms with E-state index in [1.165, 1.54) is 16.8 Å². The molecule has 0 saturated carbocycles. The van der Waals surface area contributed by atoms with Crippen LogP contribution in [0.2, 0.25) is 0 Å². The number of nitrogens with two attached hydrogens (primary N) is 1. The highest BCUT2D eigenvalue weighted by Crippen LogP contribution is 2.26. The lowest BCUT2D eigenvalue weighted by molar-refractivity contribution is 0.266. The Morgan fingerprint density at radius 2 is 1.94 bits per heavy atom. The SMILES string of the molecule is C[S@](=O)c1cc(N2CCN(CCNc3nc(N)n4nc(-c5ccco5)cc4n3)CC2)c(F)cc1F. The fourth-order valence-corrected chi connectivity index (χ4v) is 4.66. The first-order valence-corrected chi connectivity index (χ1v) is 12.6. The van der Waals surface area contributed by atoms with Gasteiger partial charge in [0.15, 0.2) is 11.4 Å². The molecule has 4 heterocycles. The van der Waals surface area contributed by atoms with Crippen molar-refractivity contribution in [3.8, 4) is 11.5 Å². The van der Waals surface area contributed by atoms with Crippen LogP contribution < -0.4 is 16.0 Å². The number of rotatable bonds is 7. The molecule has 13 heteroatoms. The predicted octanol–water partition coefficient (Wildman–Crippen LogP) is 2.22. The zero-order chi connectivity index (χ0) is 24.5. The van der Waals surface area contributed by atoms with E-state index < -0.39 is 22.4 Å². The Morgan fingerprint density at radius 1 is 1.14 bits per heavy atom. The van der Waals surface area contributed by atoms with Crippen LogP contribution in [0, 0.1) is 11.6 Å². The summed E-state index contributed by atoms with van der Waals surface area (Å²) in [5.41, 5.74) is 7.49. The second kappa shape index (κ2) is 9.58. The Labute approximate surface area is 202 Å². The molecule has 10 nitrogen and oxygen atoms in total. The second-order valence-corrected chi connectivity index (χ2v) is 9.47. The number of nitrogens with zero attached hydrogens (tertiary/aromatic N) is 6. The molecule has 1 aliphatic heterocycles. The highest BCUT2D eigenvalue weighted by atomic mass is 32.2. The molecular weight excluding hydrogens is 478 g/mol. The van der Waals surface area contributed by atoms with Gasteiger partial charge in [-0.15, -0.1) is 0 Å². The van der Waals surface area contributed by atoms with Gasteiger partial charge in [-0.05, 0) is 18.2 Å². The molecule has 3 aromatic heterocycles. The van der Waals surface area contributed by atoms with Crippen molar-refractivity contribution in [3.63, 3.8) is 0 Å². The quantitative estimate of drug-likeness (QED) is 0.392. The van der Waals surface area contributed by atoms with Crippen molar-refractivity contribution in [2.24, 2.45) is 0 Å². The molecule has 0 bridgehead atoms. The van der Waals surface area contributed by atoms with Gasteiger partial charge >= 0.3 is 0 Å². The van der Waals surface area contributed by atoms with Crippen molar-refractivity contribution < 1.29 is 17.4 Å². The zero-order valence-corrected chi connectivity index (χ0v) is 19.8. The van der Waals surface area contributed by atoms with Gasteiger partial charge in [0, 0.05) is 57.7 Å². The monoisotopic (exact) mass is 502 g/mol. The normalized spacial score (nSPS) is 15.6. The van der Waals surface area contributed by atoms with Crippen molar-refractivity contribution in [2.75, 3.05) is 61.5 Å². The smallest absolute Gasteiger partial charge is 0.228 e. The number of fused-ring (bicyclic) bond motifs is 1. The number of furan rings is 1. The van der Waals surface area contributed by atoms with Crippen LogP contribution >= 0.6 is 0 Å². The minimum absolute atomic E-state index is 0.0127. The summed E-state index contributed by atoms with van der Waals surface area (Å²) in [6, 6.07) is 7.52. The molecule has 0 amide bonds. The first kappa shape index (κ1) is 23.2. The third kappa shape index (κ3) is 4.82. The van der Waals surface area contributed by atoms with E-state index in [2.05, 4.69) is 25.3 Å². The molecule has 1 saturated heterocycles. The Bertz CT molecular complexity index is 1370. The lowest BCUT2D eigenvalue weighted by Crippen LogP contribution is -2.48. The van der Waals surface area contributed by atoms with E-state index in [1.807, 2.05) is 4.90 Å². The molecule has 1 aliphatic rings. The topological polar surface area (TPSA) is 118 Å². The number of aromatic nitrogens is 4.